The molecule has 3 heterocycles. The van der Waals surface area contributed by atoms with Crippen molar-refractivity contribution in [1.29, 1.82) is 0 Å². The van der Waals surface area contributed by atoms with Crippen molar-refractivity contribution in [2.75, 3.05) is 0 Å². The normalized spacial score (nSPS) is 11.0. The van der Waals surface area contributed by atoms with Gasteiger partial charge in [-0.2, -0.15) is 5.10 Å². The van der Waals surface area contributed by atoms with Crippen molar-refractivity contribution in [2.24, 2.45) is 0 Å². The average Bonchev–Trinajstić information content (AvgIpc) is 3.09. The van der Waals surface area contributed by atoms with Crippen LogP contribution in [0, 0.1) is 6.92 Å². The van der Waals surface area contributed by atoms with E-state index in [0.29, 0.717) is 0 Å². The Morgan fingerprint density at radius 1 is 1.32 bits per heavy atom. The van der Waals surface area contributed by atoms with Crippen LogP contribution in [0.1, 0.15) is 16.3 Å². The summed E-state index contributed by atoms with van der Waals surface area (Å²) in [5, 5.41) is 15.9. The monoisotopic (exact) mass is 290 g/mol. The van der Waals surface area contributed by atoms with Crippen LogP contribution in [-0.4, -0.2) is 15.2 Å². The highest BCUT2D eigenvalue weighted by Gasteiger charge is 2.08. The number of nitrogens with one attached hydrogen (secondary N) is 2. The molecule has 4 nitrogen and oxygen atoms in total. The number of thiophene rings is 1. The van der Waals surface area contributed by atoms with E-state index in [1.54, 1.807) is 22.7 Å². The van der Waals surface area contributed by atoms with Gasteiger partial charge in [0.15, 0.2) is 0 Å². The van der Waals surface area contributed by atoms with Crippen molar-refractivity contribution in [3.05, 3.63) is 45.4 Å². The Hall–Kier alpha value is -1.50. The molecule has 98 valence electrons. The summed E-state index contributed by atoms with van der Waals surface area (Å²) in [5.74, 6) is 0. The predicted octanol–water partition coefficient (Wildman–Crippen LogP) is 3.19. The molecule has 0 unspecified atom stereocenters. The van der Waals surface area contributed by atoms with Crippen molar-refractivity contribution < 1.29 is 0 Å². The van der Waals surface area contributed by atoms with E-state index in [2.05, 4.69) is 43.4 Å². The maximum Gasteiger partial charge on any atom is 0.107 e. The number of aromatic amines is 1. The molecule has 0 bridgehead atoms. The molecule has 3 aromatic heterocycles. The van der Waals surface area contributed by atoms with Crippen LogP contribution < -0.4 is 5.32 Å². The molecule has 0 atom stereocenters. The van der Waals surface area contributed by atoms with E-state index in [1.165, 1.54) is 10.4 Å². The number of aryl methyl sites for hydroxylation is 1. The lowest BCUT2D eigenvalue weighted by Crippen LogP contribution is -2.12. The van der Waals surface area contributed by atoms with Crippen molar-refractivity contribution in [3.8, 4) is 10.6 Å². The van der Waals surface area contributed by atoms with Crippen molar-refractivity contribution in [3.63, 3.8) is 0 Å². The summed E-state index contributed by atoms with van der Waals surface area (Å²) in [4.78, 5) is 5.66. The van der Waals surface area contributed by atoms with Gasteiger partial charge in [-0.25, -0.2) is 4.98 Å². The zero-order valence-corrected chi connectivity index (χ0v) is 12.1. The van der Waals surface area contributed by atoms with Gasteiger partial charge in [0.2, 0.25) is 0 Å². The average molecular weight is 290 g/mol. The first-order valence-electron chi connectivity index (χ1n) is 6.01. The number of rotatable bonds is 5. The smallest absolute Gasteiger partial charge is 0.107 e. The molecule has 3 aromatic rings. The molecule has 0 saturated heterocycles. The number of hydrogen-bond acceptors (Lipinski definition) is 5. The Morgan fingerprint density at radius 3 is 3.00 bits per heavy atom. The van der Waals surface area contributed by atoms with E-state index in [4.69, 9.17) is 0 Å². The zero-order valence-electron chi connectivity index (χ0n) is 10.5. The molecule has 0 spiro atoms. The zero-order chi connectivity index (χ0) is 13.1. The molecule has 0 aliphatic rings. The topological polar surface area (TPSA) is 53.6 Å². The van der Waals surface area contributed by atoms with Crippen LogP contribution in [0.4, 0.5) is 0 Å². The molecule has 6 heteroatoms. The molecule has 0 radical (unpaired) electrons. The Kier molecular flexibility index (Phi) is 3.72. The molecule has 3 rings (SSSR count). The van der Waals surface area contributed by atoms with Gasteiger partial charge in [0, 0.05) is 29.7 Å². The van der Waals surface area contributed by atoms with Crippen molar-refractivity contribution in [2.45, 2.75) is 20.0 Å². The van der Waals surface area contributed by atoms with E-state index >= 15 is 0 Å². The summed E-state index contributed by atoms with van der Waals surface area (Å²) in [6, 6.07) is 4.16. The van der Waals surface area contributed by atoms with Gasteiger partial charge in [-0.15, -0.1) is 22.7 Å². The van der Waals surface area contributed by atoms with Crippen LogP contribution >= 0.6 is 22.7 Å². The molecular formula is C13H14N4S2. The molecule has 0 aromatic carbocycles. The van der Waals surface area contributed by atoms with Gasteiger partial charge >= 0.3 is 0 Å². The van der Waals surface area contributed by atoms with E-state index < -0.39 is 0 Å². The SMILES string of the molecule is Cc1csc(CNCc2cn[nH]c2-c2cccs2)n1. The maximum absolute atomic E-state index is 4.44. The first-order chi connectivity index (χ1) is 9.33. The van der Waals surface area contributed by atoms with Crippen molar-refractivity contribution in [1.82, 2.24) is 20.5 Å². The van der Waals surface area contributed by atoms with Crippen LogP contribution in [0.25, 0.3) is 10.6 Å². The van der Waals surface area contributed by atoms with Gasteiger partial charge in [0.05, 0.1) is 16.8 Å². The summed E-state index contributed by atoms with van der Waals surface area (Å²) in [6.45, 7) is 3.61. The largest absolute Gasteiger partial charge is 0.306 e. The van der Waals surface area contributed by atoms with Gasteiger partial charge in [-0.3, -0.25) is 5.10 Å². The van der Waals surface area contributed by atoms with Gasteiger partial charge in [-0.1, -0.05) is 6.07 Å². The van der Waals surface area contributed by atoms with Crippen LogP contribution in [0.3, 0.4) is 0 Å². The number of H-pyrrole nitrogens is 1. The van der Waals surface area contributed by atoms with Crippen molar-refractivity contribution >= 4 is 22.7 Å². The fourth-order valence-corrected chi connectivity index (χ4v) is 3.36. The molecule has 0 saturated carbocycles. The third kappa shape index (κ3) is 2.91. The van der Waals surface area contributed by atoms with Crippen LogP contribution in [0.15, 0.2) is 29.1 Å². The van der Waals surface area contributed by atoms with E-state index in [9.17, 15) is 0 Å². The summed E-state index contributed by atoms with van der Waals surface area (Å²) in [6.07, 6.45) is 1.88. The van der Waals surface area contributed by atoms with Crippen LogP contribution in [0.5, 0.6) is 0 Å². The second-order valence-corrected chi connectivity index (χ2v) is 6.12. The molecule has 0 aliphatic carbocycles. The lowest BCUT2D eigenvalue weighted by molar-refractivity contribution is 0.690. The maximum atomic E-state index is 4.44. The summed E-state index contributed by atoms with van der Waals surface area (Å²) < 4.78 is 0. The van der Waals surface area contributed by atoms with Gasteiger partial charge < -0.3 is 5.32 Å². The number of hydrogen-bond donors (Lipinski definition) is 2. The minimum atomic E-state index is 0.794. The van der Waals surface area contributed by atoms with Gasteiger partial charge in [0.25, 0.3) is 0 Å². The summed E-state index contributed by atoms with van der Waals surface area (Å²) >= 11 is 3.41. The highest BCUT2D eigenvalue weighted by Crippen LogP contribution is 2.25. The van der Waals surface area contributed by atoms with Gasteiger partial charge in [-0.05, 0) is 18.4 Å². The fourth-order valence-electron chi connectivity index (χ4n) is 1.87. The molecule has 0 fully saturated rings. The lowest BCUT2D eigenvalue weighted by atomic mass is 10.2. The first-order valence-corrected chi connectivity index (χ1v) is 7.76. The molecule has 0 amide bonds. The first kappa shape index (κ1) is 12.5. The molecule has 0 aliphatic heterocycles. The second-order valence-electron chi connectivity index (χ2n) is 4.23. The van der Waals surface area contributed by atoms with Gasteiger partial charge in [0.1, 0.15) is 5.01 Å². The summed E-state index contributed by atoms with van der Waals surface area (Å²) in [5.41, 5.74) is 3.39. The quantitative estimate of drug-likeness (QED) is 0.758. The minimum absolute atomic E-state index is 0.794. The minimum Gasteiger partial charge on any atom is -0.306 e. The number of thiazole rings is 1. The predicted molar refractivity (Wildman–Crippen MR) is 79.3 cm³/mol. The summed E-state index contributed by atoms with van der Waals surface area (Å²) in [7, 11) is 0. The number of nitrogens with zero attached hydrogens (tertiary/aromatic N) is 2. The highest BCUT2D eigenvalue weighted by molar-refractivity contribution is 7.13. The van der Waals surface area contributed by atoms with E-state index in [-0.39, 0.29) is 0 Å². The standard InChI is InChI=1S/C13H14N4S2/c1-9-8-19-12(16-9)7-14-5-10-6-15-17-13(10)11-3-2-4-18-11/h2-4,6,8,14H,5,7H2,1H3,(H,15,17). The third-order valence-electron chi connectivity index (χ3n) is 2.74. The Balaban J connectivity index is 1.63. The highest BCUT2D eigenvalue weighted by atomic mass is 32.1. The second kappa shape index (κ2) is 5.64. The van der Waals surface area contributed by atoms with Crippen LogP contribution in [0.2, 0.25) is 0 Å². The number of aromatic nitrogens is 3. The Bertz CT molecular complexity index is 639. The van der Waals surface area contributed by atoms with E-state index in [1.807, 2.05) is 13.1 Å². The van der Waals surface area contributed by atoms with E-state index in [0.717, 1.165) is 29.5 Å². The molecule has 19 heavy (non-hydrogen) atoms. The van der Waals surface area contributed by atoms with Crippen LogP contribution in [-0.2, 0) is 13.1 Å². The third-order valence-corrected chi connectivity index (χ3v) is 4.60. The Labute approximate surface area is 119 Å². The molecular weight excluding hydrogens is 276 g/mol. The Morgan fingerprint density at radius 2 is 2.26 bits per heavy atom. The lowest BCUT2D eigenvalue weighted by Gasteiger charge is -2.02. The fraction of sp³-hybridized carbons (Fsp3) is 0.231. The molecule has 2 N–H and O–H groups in total.